The number of benzene rings is 1. The average Bonchev–Trinajstić information content (AvgIpc) is 2.59. The van der Waals surface area contributed by atoms with Gasteiger partial charge in [-0.1, -0.05) is 11.3 Å². The Morgan fingerprint density at radius 2 is 2.36 bits per heavy atom. The summed E-state index contributed by atoms with van der Waals surface area (Å²) in [7, 11) is 1.83. The first-order chi connectivity index (χ1) is 6.72. The number of hydrogen-bond donors (Lipinski definition) is 2. The second-order valence-electron chi connectivity index (χ2n) is 3.25. The third-order valence-corrected chi connectivity index (χ3v) is 2.26. The van der Waals surface area contributed by atoms with Gasteiger partial charge in [-0.05, 0) is 17.7 Å². The summed E-state index contributed by atoms with van der Waals surface area (Å²) in [6.45, 7) is -0.0637. The number of rotatable bonds is 2. The zero-order chi connectivity index (χ0) is 10.1. The quantitative estimate of drug-likeness (QED) is 0.700. The fourth-order valence-corrected chi connectivity index (χ4v) is 1.39. The van der Waals surface area contributed by atoms with E-state index in [-0.39, 0.29) is 12.6 Å². The van der Waals surface area contributed by atoms with Gasteiger partial charge in [0.15, 0.2) is 0 Å². The van der Waals surface area contributed by atoms with Crippen molar-refractivity contribution >= 4 is 11.0 Å². The van der Waals surface area contributed by atoms with Crippen LogP contribution in [0.3, 0.4) is 0 Å². The van der Waals surface area contributed by atoms with Crippen molar-refractivity contribution in [1.29, 1.82) is 0 Å². The molecule has 3 N–H and O–H groups in total. The third kappa shape index (κ3) is 1.36. The van der Waals surface area contributed by atoms with Crippen molar-refractivity contribution in [3.63, 3.8) is 0 Å². The van der Waals surface area contributed by atoms with Gasteiger partial charge in [0, 0.05) is 7.05 Å². The molecule has 5 heteroatoms. The molecule has 1 aromatic heterocycles. The number of aromatic nitrogens is 3. The first-order valence-corrected chi connectivity index (χ1v) is 4.38. The topological polar surface area (TPSA) is 77.0 Å². The minimum Gasteiger partial charge on any atom is -0.394 e. The smallest absolute Gasteiger partial charge is 0.113 e. The molecule has 0 aliphatic heterocycles. The normalized spacial score (nSPS) is 13.4. The number of aliphatic hydroxyl groups excluding tert-OH is 1. The first kappa shape index (κ1) is 9.11. The molecular weight excluding hydrogens is 180 g/mol. The predicted octanol–water partition coefficient (Wildman–Crippen LogP) is -0.0396. The Bertz CT molecular complexity index is 451. The number of aliphatic hydroxyl groups is 1. The van der Waals surface area contributed by atoms with E-state index in [1.165, 1.54) is 0 Å². The number of nitrogens with two attached hydrogens (primary N) is 1. The Morgan fingerprint density at radius 3 is 3.07 bits per heavy atom. The molecule has 0 aliphatic carbocycles. The number of fused-ring (bicyclic) bond motifs is 1. The fourth-order valence-electron chi connectivity index (χ4n) is 1.39. The molecule has 74 valence electrons. The maximum atomic E-state index is 8.90. The molecule has 1 unspecified atom stereocenters. The van der Waals surface area contributed by atoms with E-state index in [9.17, 15) is 0 Å². The summed E-state index contributed by atoms with van der Waals surface area (Å²) in [4.78, 5) is 0. The van der Waals surface area contributed by atoms with Gasteiger partial charge in [-0.3, -0.25) is 0 Å². The summed E-state index contributed by atoms with van der Waals surface area (Å²) in [6, 6.07) is 5.29. The summed E-state index contributed by atoms with van der Waals surface area (Å²) in [5.41, 5.74) is 8.32. The lowest BCUT2D eigenvalue weighted by Crippen LogP contribution is -2.14. The molecule has 0 spiro atoms. The van der Waals surface area contributed by atoms with E-state index in [1.807, 2.05) is 25.2 Å². The van der Waals surface area contributed by atoms with E-state index in [0.29, 0.717) is 0 Å². The Morgan fingerprint density at radius 1 is 1.57 bits per heavy atom. The van der Waals surface area contributed by atoms with Crippen molar-refractivity contribution in [2.75, 3.05) is 6.61 Å². The monoisotopic (exact) mass is 192 g/mol. The Labute approximate surface area is 81.1 Å². The lowest BCUT2D eigenvalue weighted by molar-refractivity contribution is 0.268. The molecule has 0 aliphatic rings. The molecule has 1 atom stereocenters. The summed E-state index contributed by atoms with van der Waals surface area (Å²) in [6.07, 6.45) is 0. The van der Waals surface area contributed by atoms with Crippen molar-refractivity contribution in [2.45, 2.75) is 6.04 Å². The second-order valence-corrected chi connectivity index (χ2v) is 3.25. The SMILES string of the molecule is Cn1nnc2cc(C(N)CO)ccc21. The minimum atomic E-state index is -0.346. The highest BCUT2D eigenvalue weighted by atomic mass is 16.3. The van der Waals surface area contributed by atoms with Crippen LogP contribution in [-0.4, -0.2) is 26.7 Å². The van der Waals surface area contributed by atoms with E-state index in [0.717, 1.165) is 16.6 Å². The van der Waals surface area contributed by atoms with Gasteiger partial charge in [0.1, 0.15) is 5.52 Å². The number of aryl methyl sites for hydroxylation is 1. The van der Waals surface area contributed by atoms with E-state index < -0.39 is 0 Å². The van der Waals surface area contributed by atoms with Crippen molar-refractivity contribution in [2.24, 2.45) is 12.8 Å². The first-order valence-electron chi connectivity index (χ1n) is 4.38. The lowest BCUT2D eigenvalue weighted by Gasteiger charge is -2.07. The van der Waals surface area contributed by atoms with Gasteiger partial charge in [0.05, 0.1) is 18.2 Å². The molecule has 5 nitrogen and oxygen atoms in total. The molecule has 0 saturated heterocycles. The molecular formula is C9H12N4O. The molecule has 2 aromatic rings. The van der Waals surface area contributed by atoms with Gasteiger partial charge in [-0.2, -0.15) is 0 Å². The maximum Gasteiger partial charge on any atom is 0.113 e. The van der Waals surface area contributed by atoms with Crippen LogP contribution in [0.25, 0.3) is 11.0 Å². The van der Waals surface area contributed by atoms with Crippen molar-refractivity contribution in [3.8, 4) is 0 Å². The highest BCUT2D eigenvalue weighted by Gasteiger charge is 2.07. The number of hydrogen-bond acceptors (Lipinski definition) is 4. The lowest BCUT2D eigenvalue weighted by atomic mass is 10.1. The molecule has 0 fully saturated rings. The van der Waals surface area contributed by atoms with Gasteiger partial charge in [-0.25, -0.2) is 4.68 Å². The van der Waals surface area contributed by atoms with Crippen LogP contribution in [0.1, 0.15) is 11.6 Å². The van der Waals surface area contributed by atoms with E-state index in [2.05, 4.69) is 10.3 Å². The molecule has 0 bridgehead atoms. The zero-order valence-corrected chi connectivity index (χ0v) is 7.88. The van der Waals surface area contributed by atoms with Gasteiger partial charge < -0.3 is 10.8 Å². The van der Waals surface area contributed by atoms with Gasteiger partial charge in [0.2, 0.25) is 0 Å². The van der Waals surface area contributed by atoms with Crippen LogP contribution in [-0.2, 0) is 7.05 Å². The molecule has 0 amide bonds. The van der Waals surface area contributed by atoms with Crippen LogP contribution in [0.5, 0.6) is 0 Å². The third-order valence-electron chi connectivity index (χ3n) is 2.26. The summed E-state index contributed by atoms with van der Waals surface area (Å²) in [5.74, 6) is 0. The van der Waals surface area contributed by atoms with Crippen LogP contribution in [0.4, 0.5) is 0 Å². The van der Waals surface area contributed by atoms with Gasteiger partial charge in [-0.15, -0.1) is 5.10 Å². The highest BCUT2D eigenvalue weighted by molar-refractivity contribution is 5.75. The van der Waals surface area contributed by atoms with E-state index in [1.54, 1.807) is 4.68 Å². The molecule has 2 rings (SSSR count). The van der Waals surface area contributed by atoms with Crippen molar-refractivity contribution in [1.82, 2.24) is 15.0 Å². The Balaban J connectivity index is 2.52. The van der Waals surface area contributed by atoms with Gasteiger partial charge >= 0.3 is 0 Å². The molecule has 1 heterocycles. The average molecular weight is 192 g/mol. The summed E-state index contributed by atoms with van der Waals surface area (Å²) in [5, 5.41) is 16.8. The largest absolute Gasteiger partial charge is 0.394 e. The number of nitrogens with zero attached hydrogens (tertiary/aromatic N) is 3. The second kappa shape index (κ2) is 3.36. The standard InChI is InChI=1S/C9H12N4O/c1-13-9-3-2-6(7(10)5-14)4-8(9)11-12-13/h2-4,7,14H,5,10H2,1H3. The molecule has 14 heavy (non-hydrogen) atoms. The maximum absolute atomic E-state index is 8.90. The predicted molar refractivity (Wildman–Crippen MR) is 52.5 cm³/mol. The molecule has 1 aromatic carbocycles. The van der Waals surface area contributed by atoms with Crippen molar-refractivity contribution < 1.29 is 5.11 Å². The Kier molecular flexibility index (Phi) is 2.18. The van der Waals surface area contributed by atoms with E-state index in [4.69, 9.17) is 10.8 Å². The van der Waals surface area contributed by atoms with Crippen LogP contribution in [0, 0.1) is 0 Å². The summed E-state index contributed by atoms with van der Waals surface area (Å²) < 4.78 is 1.70. The van der Waals surface area contributed by atoms with Crippen molar-refractivity contribution in [3.05, 3.63) is 23.8 Å². The molecule has 0 radical (unpaired) electrons. The van der Waals surface area contributed by atoms with E-state index >= 15 is 0 Å². The minimum absolute atomic E-state index is 0.0637. The molecule has 0 saturated carbocycles. The Hall–Kier alpha value is -1.46. The zero-order valence-electron chi connectivity index (χ0n) is 7.88. The van der Waals surface area contributed by atoms with Crippen LogP contribution < -0.4 is 5.73 Å². The van der Waals surface area contributed by atoms with Gasteiger partial charge in [0.25, 0.3) is 0 Å². The summed E-state index contributed by atoms with van der Waals surface area (Å²) >= 11 is 0. The highest BCUT2D eigenvalue weighted by Crippen LogP contribution is 2.16. The van der Waals surface area contributed by atoms with Crippen LogP contribution in [0.2, 0.25) is 0 Å². The van der Waals surface area contributed by atoms with Crippen LogP contribution in [0.15, 0.2) is 18.2 Å². The van der Waals surface area contributed by atoms with Crippen LogP contribution >= 0.6 is 0 Å². The fraction of sp³-hybridized carbons (Fsp3) is 0.333.